The topological polar surface area (TPSA) is 0 Å². The molecule has 24 rings (SSSR count). The molecule has 0 heteroatoms. The highest BCUT2D eigenvalue weighted by Gasteiger charge is 2.40. The first-order chi connectivity index (χ1) is 59.0. The zero-order valence-electron chi connectivity index (χ0n) is 69.9. The van der Waals surface area contributed by atoms with E-state index >= 15 is 0 Å². The molecule has 0 amide bonds. The van der Waals surface area contributed by atoms with E-state index in [1.54, 1.807) is 0 Å². The smallest absolute Gasteiger partial charge is 0.0159 e. The largest absolute Gasteiger partial charge is 0.0622 e. The molecular weight excluding hydrogens is 1450 g/mol. The van der Waals surface area contributed by atoms with E-state index in [1.807, 2.05) is 0 Å². The summed E-state index contributed by atoms with van der Waals surface area (Å²) in [5.41, 5.74) is 43.0. The van der Waals surface area contributed by atoms with Gasteiger partial charge in [-0.3, -0.25) is 0 Å². The molecule has 0 saturated carbocycles. The van der Waals surface area contributed by atoms with Crippen molar-refractivity contribution in [2.75, 3.05) is 0 Å². The molecule has 574 valence electrons. The Morgan fingerprint density at radius 3 is 0.661 bits per heavy atom. The summed E-state index contributed by atoms with van der Waals surface area (Å²) >= 11 is 0. The number of fused-ring (bicyclic) bond motifs is 18. The Hall–Kier alpha value is -14.0. The van der Waals surface area contributed by atoms with Gasteiger partial charge in [0, 0.05) is 21.7 Å². The first-order valence-electron chi connectivity index (χ1n) is 43.1. The SMILES string of the molecule is CC1(C)c2ccccc2-c2ccc(-c3c4ccccc4c(-c4ccc5c(c4)C(C)(C)c4ccccc4-5)c4cc(-c5c6ccccc6c(-c6ccc(-c7ccccc7)cc6)c6ccccc56)ccc34)cc21.Cc1ccc(-c2ccc3c(-c4ccc5c(c4)C(C)(C)c4ccccc4-5)c4ccccc4c(-c4ccc5c(c4)C(C)(C)c4ccccc4-5)c3c2)cc1. The van der Waals surface area contributed by atoms with Gasteiger partial charge in [-0.25, -0.2) is 0 Å². The monoisotopic (exact) mass is 1540 g/mol. The van der Waals surface area contributed by atoms with Crippen LogP contribution in [0.5, 0.6) is 0 Å². The predicted molar refractivity (Wildman–Crippen MR) is 516 cm³/mol. The van der Waals surface area contributed by atoms with Gasteiger partial charge in [0.2, 0.25) is 0 Å². The van der Waals surface area contributed by atoms with Crippen LogP contribution in [0.1, 0.15) is 105 Å². The molecule has 0 unspecified atom stereocenters. The van der Waals surface area contributed by atoms with Gasteiger partial charge in [0.25, 0.3) is 0 Å². The van der Waals surface area contributed by atoms with Crippen molar-refractivity contribution in [1.29, 1.82) is 0 Å². The first-order valence-corrected chi connectivity index (χ1v) is 43.1. The van der Waals surface area contributed by atoms with Gasteiger partial charge in [0.15, 0.2) is 0 Å². The summed E-state index contributed by atoms with van der Waals surface area (Å²) < 4.78 is 0. The fraction of sp³-hybridized carbons (Fsp3) is 0.107. The highest BCUT2D eigenvalue weighted by molar-refractivity contribution is 6.26. The maximum absolute atomic E-state index is 2.53. The maximum atomic E-state index is 2.53. The molecule has 0 radical (unpaired) electrons. The second kappa shape index (κ2) is 27.0. The van der Waals surface area contributed by atoms with Gasteiger partial charge in [-0.2, -0.15) is 0 Å². The van der Waals surface area contributed by atoms with Crippen molar-refractivity contribution in [1.82, 2.24) is 0 Å². The van der Waals surface area contributed by atoms with Gasteiger partial charge in [-0.15, -0.1) is 0 Å². The third-order valence-corrected chi connectivity index (χ3v) is 28.4. The highest BCUT2D eigenvalue weighted by atomic mass is 14.4. The minimum absolute atomic E-state index is 0.0686. The average molecular weight is 1540 g/mol. The zero-order chi connectivity index (χ0) is 81.5. The quantitative estimate of drug-likeness (QED) is 0.133. The molecule has 0 aromatic heterocycles. The van der Waals surface area contributed by atoms with Gasteiger partial charge in [0.05, 0.1) is 0 Å². The lowest BCUT2D eigenvalue weighted by Crippen LogP contribution is -2.15. The Balaban J connectivity index is 0.000000148. The Morgan fingerprint density at radius 2 is 0.331 bits per heavy atom. The van der Waals surface area contributed by atoms with E-state index in [1.165, 1.54) is 248 Å². The Labute approximate surface area is 709 Å². The van der Waals surface area contributed by atoms with E-state index in [9.17, 15) is 0 Å². The summed E-state index contributed by atoms with van der Waals surface area (Å²) in [4.78, 5) is 0. The Morgan fingerprint density at radius 1 is 0.132 bits per heavy atom. The minimum Gasteiger partial charge on any atom is -0.0622 e. The lowest BCUT2D eigenvalue weighted by atomic mass is 9.79. The van der Waals surface area contributed by atoms with Crippen molar-refractivity contribution >= 4 is 64.6 Å². The van der Waals surface area contributed by atoms with Crippen LogP contribution in [0.2, 0.25) is 0 Å². The van der Waals surface area contributed by atoms with E-state index in [2.05, 4.69) is 444 Å². The van der Waals surface area contributed by atoms with Crippen molar-refractivity contribution in [3.8, 4) is 134 Å². The molecule has 0 spiro atoms. The summed E-state index contributed by atoms with van der Waals surface area (Å²) in [6.45, 7) is 21.2. The van der Waals surface area contributed by atoms with E-state index in [0.717, 1.165) is 0 Å². The maximum Gasteiger partial charge on any atom is 0.0159 e. The third kappa shape index (κ3) is 10.9. The Bertz CT molecular complexity index is 7730. The molecule has 4 aliphatic rings. The molecule has 121 heavy (non-hydrogen) atoms. The van der Waals surface area contributed by atoms with Crippen LogP contribution in [0, 0.1) is 6.92 Å². The van der Waals surface area contributed by atoms with E-state index in [0.29, 0.717) is 0 Å². The van der Waals surface area contributed by atoms with E-state index < -0.39 is 0 Å². The summed E-state index contributed by atoms with van der Waals surface area (Å²) in [5, 5.41) is 15.2. The normalized spacial score (nSPS) is 14.3. The van der Waals surface area contributed by atoms with Crippen molar-refractivity contribution in [2.45, 2.75) is 84.0 Å². The lowest BCUT2D eigenvalue weighted by molar-refractivity contribution is 0.660. The van der Waals surface area contributed by atoms with Crippen LogP contribution in [0.3, 0.4) is 0 Å². The molecule has 0 atom stereocenters. The molecule has 0 bridgehead atoms. The van der Waals surface area contributed by atoms with Gasteiger partial charge in [-0.05, 0) is 286 Å². The van der Waals surface area contributed by atoms with Gasteiger partial charge < -0.3 is 0 Å². The summed E-state index contributed by atoms with van der Waals surface area (Å²) in [6, 6.07) is 145. The fourth-order valence-corrected chi connectivity index (χ4v) is 22.3. The zero-order valence-corrected chi connectivity index (χ0v) is 69.9. The molecule has 20 aromatic carbocycles. The van der Waals surface area contributed by atoms with Crippen molar-refractivity contribution in [3.05, 3.63) is 432 Å². The third-order valence-electron chi connectivity index (χ3n) is 28.4. The average Bonchev–Trinajstić information content (AvgIpc) is 1.71. The Kier molecular flexibility index (Phi) is 16.1. The molecule has 0 saturated heterocycles. The second-order valence-corrected chi connectivity index (χ2v) is 36.5. The first kappa shape index (κ1) is 72.2. The van der Waals surface area contributed by atoms with Crippen LogP contribution in [0.25, 0.3) is 198 Å². The fourth-order valence-electron chi connectivity index (χ4n) is 22.3. The van der Waals surface area contributed by atoms with Crippen LogP contribution in [0.15, 0.2) is 382 Å². The molecule has 0 fully saturated rings. The minimum atomic E-state index is -0.130. The van der Waals surface area contributed by atoms with E-state index in [4.69, 9.17) is 0 Å². The molecule has 0 nitrogen and oxygen atoms in total. The highest BCUT2D eigenvalue weighted by Crippen LogP contribution is 2.58. The molecule has 0 N–H and O–H groups in total. The van der Waals surface area contributed by atoms with Crippen molar-refractivity contribution < 1.29 is 0 Å². The van der Waals surface area contributed by atoms with Crippen LogP contribution < -0.4 is 0 Å². The molecular formula is C121H90. The van der Waals surface area contributed by atoms with Crippen LogP contribution in [-0.2, 0) is 21.7 Å². The van der Waals surface area contributed by atoms with Crippen LogP contribution in [-0.4, -0.2) is 0 Å². The van der Waals surface area contributed by atoms with Gasteiger partial charge in [0.1, 0.15) is 0 Å². The van der Waals surface area contributed by atoms with Gasteiger partial charge in [-0.1, -0.05) is 407 Å². The van der Waals surface area contributed by atoms with Crippen molar-refractivity contribution in [2.24, 2.45) is 0 Å². The number of aryl methyl sites for hydroxylation is 1. The molecule has 0 heterocycles. The molecule has 0 aliphatic heterocycles. The van der Waals surface area contributed by atoms with Crippen molar-refractivity contribution in [3.63, 3.8) is 0 Å². The number of rotatable bonds is 8. The lowest BCUT2D eigenvalue weighted by Gasteiger charge is -2.24. The molecule has 20 aromatic rings. The van der Waals surface area contributed by atoms with Crippen LogP contribution in [0.4, 0.5) is 0 Å². The molecule has 4 aliphatic carbocycles. The van der Waals surface area contributed by atoms with E-state index in [-0.39, 0.29) is 21.7 Å². The summed E-state index contributed by atoms with van der Waals surface area (Å²) in [6.07, 6.45) is 0. The standard InChI is InChI=1S/C70H50.C51H40/c1-69(2)61-28-16-14-20-49(61)51-37-34-47(41-63(51)69)67-57-26-12-13-27-58(57)68(48-35-38-52-50-21-15-17-29-62(50)70(3,4)64(52)42-48)60-40-46(36-39-59(60)67)66-55-24-10-8-22-53(55)65(54-23-9-11-25-56(54)66)45-32-30-44(31-33-45)43-18-6-5-7-19-43;1-31-18-20-32(21-19-31)33-22-27-42-43(28-33)49(35-24-26-39-37-13-9-11-17-45(37)51(4,5)47(39)30-35)41-15-7-6-14-40(41)48(42)34-23-25-38-36-12-8-10-16-44(36)50(2,3)46(38)29-34/h5-42H,1-4H3;6-30H,1-5H3. The van der Waals surface area contributed by atoms with Crippen LogP contribution >= 0.6 is 0 Å². The second-order valence-electron chi connectivity index (χ2n) is 36.5. The van der Waals surface area contributed by atoms with Gasteiger partial charge >= 0.3 is 0 Å². The summed E-state index contributed by atoms with van der Waals surface area (Å²) in [7, 11) is 0. The number of hydrogen-bond donors (Lipinski definition) is 0. The number of hydrogen-bond acceptors (Lipinski definition) is 0. The predicted octanol–water partition coefficient (Wildman–Crippen LogP) is 33.2. The summed E-state index contributed by atoms with van der Waals surface area (Å²) in [5.74, 6) is 0. The number of benzene rings is 20.